The lowest BCUT2D eigenvalue weighted by molar-refractivity contribution is 0.122. The van der Waals surface area contributed by atoms with Crippen molar-refractivity contribution in [1.29, 1.82) is 0 Å². The summed E-state index contributed by atoms with van der Waals surface area (Å²) in [6.45, 7) is 3.88. The Balaban J connectivity index is 0.00000208. The van der Waals surface area contributed by atoms with Crippen LogP contribution in [-0.2, 0) is 0 Å². The Hall–Kier alpha value is -1.04. The van der Waals surface area contributed by atoms with Crippen LogP contribution in [0.1, 0.15) is 37.3 Å². The molecule has 1 atom stereocenters. The van der Waals surface area contributed by atoms with Gasteiger partial charge in [0.1, 0.15) is 5.82 Å². The van der Waals surface area contributed by atoms with Gasteiger partial charge in [-0.2, -0.15) is 0 Å². The molecule has 0 amide bonds. The number of nitrogens with zero attached hydrogens (tertiary/aromatic N) is 1. The maximum atomic E-state index is 14.8. The van der Waals surface area contributed by atoms with Gasteiger partial charge in [-0.1, -0.05) is 12.8 Å². The Morgan fingerprint density at radius 2 is 1.67 bits per heavy atom. The molecule has 0 bridgehead atoms. The molecule has 24 heavy (non-hydrogen) atoms. The van der Waals surface area contributed by atoms with E-state index < -0.39 is 0 Å². The summed E-state index contributed by atoms with van der Waals surface area (Å²) in [4.78, 5) is 2.44. The van der Waals surface area contributed by atoms with Gasteiger partial charge in [-0.25, -0.2) is 4.39 Å². The molecule has 1 aromatic carbocycles. The molecular weight excluding hydrogens is 331 g/mol. The number of nitrogens with one attached hydrogen (secondary N) is 1. The molecule has 1 saturated heterocycles. The smallest absolute Gasteiger partial charge is 0.163 e. The highest BCUT2D eigenvalue weighted by Crippen LogP contribution is 2.43. The van der Waals surface area contributed by atoms with Gasteiger partial charge >= 0.3 is 0 Å². The second-order valence-corrected chi connectivity index (χ2v) is 6.50. The summed E-state index contributed by atoms with van der Waals surface area (Å²) in [5.41, 5.74) is 0.761. The highest BCUT2D eigenvalue weighted by Gasteiger charge is 2.34. The van der Waals surface area contributed by atoms with E-state index in [0.717, 1.165) is 31.7 Å². The summed E-state index contributed by atoms with van der Waals surface area (Å²) in [7, 11) is 3.15. The first-order valence-corrected chi connectivity index (χ1v) is 8.60. The van der Waals surface area contributed by atoms with Gasteiger partial charge in [-0.3, -0.25) is 4.90 Å². The maximum Gasteiger partial charge on any atom is 0.163 e. The molecule has 1 heterocycles. The number of methoxy groups -OCH3 is 2. The lowest BCUT2D eigenvalue weighted by atomic mass is 9.89. The van der Waals surface area contributed by atoms with E-state index in [1.165, 1.54) is 31.7 Å². The van der Waals surface area contributed by atoms with Gasteiger partial charge in [0.05, 0.1) is 14.2 Å². The van der Waals surface area contributed by atoms with Crippen LogP contribution in [-0.4, -0.2) is 45.3 Å². The van der Waals surface area contributed by atoms with Crippen LogP contribution in [0.4, 0.5) is 4.39 Å². The van der Waals surface area contributed by atoms with Gasteiger partial charge in [0, 0.05) is 43.9 Å². The fourth-order valence-electron chi connectivity index (χ4n) is 4.08. The van der Waals surface area contributed by atoms with Gasteiger partial charge in [-0.05, 0) is 24.8 Å². The van der Waals surface area contributed by atoms with E-state index in [2.05, 4.69) is 10.2 Å². The summed E-state index contributed by atoms with van der Waals surface area (Å²) < 4.78 is 25.5. The van der Waals surface area contributed by atoms with Crippen molar-refractivity contribution in [2.45, 2.75) is 31.7 Å². The normalized spacial score (nSPS) is 20.5. The van der Waals surface area contributed by atoms with Crippen molar-refractivity contribution in [3.8, 4) is 11.5 Å². The topological polar surface area (TPSA) is 33.7 Å². The van der Waals surface area contributed by atoms with Crippen molar-refractivity contribution in [3.63, 3.8) is 0 Å². The molecule has 3 rings (SSSR count). The molecule has 2 aliphatic rings. The number of benzene rings is 1. The van der Waals surface area contributed by atoms with Crippen LogP contribution in [0.5, 0.6) is 11.5 Å². The van der Waals surface area contributed by atoms with Crippen LogP contribution in [0.2, 0.25) is 0 Å². The fourth-order valence-corrected chi connectivity index (χ4v) is 4.08. The number of ether oxygens (including phenoxy) is 2. The van der Waals surface area contributed by atoms with Crippen LogP contribution in [0.25, 0.3) is 0 Å². The highest BCUT2D eigenvalue weighted by atomic mass is 35.5. The standard InChI is InChI=1S/C18H27FN2O2.ClH/c1-22-16-11-14(15(19)12-17(16)23-2)18(13-5-3-4-6-13)21-9-7-20-8-10-21;/h11-13,18,20H,3-10H2,1-2H3;1H/t18-;/m1./s1. The van der Waals surface area contributed by atoms with Gasteiger partial charge in [0.2, 0.25) is 0 Å². The fraction of sp³-hybridized carbons (Fsp3) is 0.667. The van der Waals surface area contributed by atoms with E-state index in [4.69, 9.17) is 9.47 Å². The highest BCUT2D eigenvalue weighted by molar-refractivity contribution is 5.85. The average Bonchev–Trinajstić information content (AvgIpc) is 3.11. The van der Waals surface area contributed by atoms with E-state index >= 15 is 0 Å². The predicted octanol–water partition coefficient (Wildman–Crippen LogP) is 3.40. The lowest BCUT2D eigenvalue weighted by Gasteiger charge is -2.39. The van der Waals surface area contributed by atoms with Gasteiger partial charge in [-0.15, -0.1) is 12.4 Å². The summed E-state index contributed by atoms with van der Waals surface area (Å²) in [6.07, 6.45) is 4.87. The maximum absolute atomic E-state index is 14.8. The molecule has 1 aliphatic heterocycles. The lowest BCUT2D eigenvalue weighted by Crippen LogP contribution is -2.46. The first-order valence-electron chi connectivity index (χ1n) is 8.60. The average molecular weight is 359 g/mol. The second-order valence-electron chi connectivity index (χ2n) is 6.50. The van der Waals surface area contributed by atoms with Crippen LogP contribution in [0.3, 0.4) is 0 Å². The first-order chi connectivity index (χ1) is 11.2. The van der Waals surface area contributed by atoms with Crippen LogP contribution < -0.4 is 14.8 Å². The van der Waals surface area contributed by atoms with Crippen molar-refractivity contribution in [1.82, 2.24) is 10.2 Å². The number of hydrogen-bond acceptors (Lipinski definition) is 4. The zero-order chi connectivity index (χ0) is 16.2. The molecule has 0 radical (unpaired) electrons. The molecular formula is C18H28ClFN2O2. The Morgan fingerprint density at radius 1 is 1.08 bits per heavy atom. The molecule has 1 aromatic rings. The van der Waals surface area contributed by atoms with Crippen LogP contribution >= 0.6 is 12.4 Å². The zero-order valence-corrected chi connectivity index (χ0v) is 15.3. The third-order valence-electron chi connectivity index (χ3n) is 5.21. The van der Waals surface area contributed by atoms with Crippen LogP contribution in [0.15, 0.2) is 12.1 Å². The monoisotopic (exact) mass is 358 g/mol. The number of hydrogen-bond donors (Lipinski definition) is 1. The molecule has 136 valence electrons. The van der Waals surface area contributed by atoms with Crippen molar-refractivity contribution < 1.29 is 13.9 Å². The van der Waals surface area contributed by atoms with Gasteiger partial charge in [0.15, 0.2) is 11.5 Å². The van der Waals surface area contributed by atoms with Gasteiger partial charge in [0.25, 0.3) is 0 Å². The minimum absolute atomic E-state index is 0. The third-order valence-corrected chi connectivity index (χ3v) is 5.21. The molecule has 6 heteroatoms. The minimum Gasteiger partial charge on any atom is -0.493 e. The van der Waals surface area contributed by atoms with Crippen LogP contribution in [0, 0.1) is 11.7 Å². The Kier molecular flexibility index (Phi) is 7.14. The van der Waals surface area contributed by atoms with Crippen molar-refractivity contribution >= 4 is 12.4 Å². The van der Waals surface area contributed by atoms with E-state index in [1.807, 2.05) is 6.07 Å². The summed E-state index contributed by atoms with van der Waals surface area (Å²) in [6, 6.07) is 3.46. The Labute approximate surface area is 150 Å². The molecule has 1 N–H and O–H groups in total. The molecule has 0 aromatic heterocycles. The largest absolute Gasteiger partial charge is 0.493 e. The van der Waals surface area contributed by atoms with Crippen molar-refractivity contribution in [3.05, 3.63) is 23.5 Å². The number of piperazine rings is 1. The molecule has 1 aliphatic carbocycles. The summed E-state index contributed by atoms with van der Waals surface area (Å²) >= 11 is 0. The molecule has 0 unspecified atom stereocenters. The van der Waals surface area contributed by atoms with Crippen molar-refractivity contribution in [2.75, 3.05) is 40.4 Å². The van der Waals surface area contributed by atoms with E-state index in [9.17, 15) is 4.39 Å². The predicted molar refractivity (Wildman–Crippen MR) is 95.9 cm³/mol. The third kappa shape index (κ3) is 3.95. The molecule has 0 spiro atoms. The Bertz CT molecular complexity index is 532. The van der Waals surface area contributed by atoms with Gasteiger partial charge < -0.3 is 14.8 Å². The van der Waals surface area contributed by atoms with E-state index in [0.29, 0.717) is 17.4 Å². The minimum atomic E-state index is -0.182. The second kappa shape index (κ2) is 8.88. The summed E-state index contributed by atoms with van der Waals surface area (Å²) in [5, 5.41) is 3.39. The molecule has 2 fully saturated rings. The first kappa shape index (κ1) is 19.3. The molecule has 4 nitrogen and oxygen atoms in total. The summed E-state index contributed by atoms with van der Waals surface area (Å²) in [5.74, 6) is 1.42. The zero-order valence-electron chi connectivity index (χ0n) is 14.5. The SMILES string of the molecule is COc1cc(F)c([C@@H](C2CCCC2)N2CCNCC2)cc1OC.Cl. The van der Waals surface area contributed by atoms with E-state index in [-0.39, 0.29) is 24.3 Å². The number of halogens is 2. The van der Waals surface area contributed by atoms with Crippen molar-refractivity contribution in [2.24, 2.45) is 5.92 Å². The Morgan fingerprint density at radius 3 is 2.25 bits per heavy atom. The number of rotatable bonds is 5. The quantitative estimate of drug-likeness (QED) is 0.874. The molecule has 1 saturated carbocycles. The van der Waals surface area contributed by atoms with E-state index in [1.54, 1.807) is 14.2 Å².